The molecule has 7 heteroatoms. The number of nitrogens with zero attached hydrogens (tertiary/aromatic N) is 3. The van der Waals surface area contributed by atoms with Crippen LogP contribution in [0.5, 0.6) is 0 Å². The Morgan fingerprint density at radius 2 is 2.38 bits per heavy atom. The van der Waals surface area contributed by atoms with E-state index in [-0.39, 0.29) is 5.91 Å². The minimum absolute atomic E-state index is 0.00520. The summed E-state index contributed by atoms with van der Waals surface area (Å²) in [5, 5.41) is 15.4. The van der Waals surface area contributed by atoms with Crippen molar-refractivity contribution in [2.24, 2.45) is 5.92 Å². The van der Waals surface area contributed by atoms with Gasteiger partial charge in [0, 0.05) is 12.6 Å². The van der Waals surface area contributed by atoms with Crippen molar-refractivity contribution >= 4 is 22.4 Å². The highest BCUT2D eigenvalue weighted by molar-refractivity contribution is 7.18. The van der Waals surface area contributed by atoms with Crippen LogP contribution in [0.3, 0.4) is 0 Å². The van der Waals surface area contributed by atoms with Crippen molar-refractivity contribution in [1.82, 2.24) is 20.5 Å². The van der Waals surface area contributed by atoms with Gasteiger partial charge >= 0.3 is 0 Å². The zero-order valence-electron chi connectivity index (χ0n) is 11.6. The number of nitrogens with one attached hydrogen (secondary N) is 2. The molecule has 2 N–H and O–H groups in total. The Bertz CT molecular complexity index is 594. The van der Waals surface area contributed by atoms with Gasteiger partial charge in [0.05, 0.1) is 0 Å². The van der Waals surface area contributed by atoms with Gasteiger partial charge in [-0.25, -0.2) is 0 Å². The van der Waals surface area contributed by atoms with Crippen molar-refractivity contribution in [3.63, 3.8) is 0 Å². The SMILES string of the molecule is O=C(CCC1CCNC1)Nc1nnc(-c2ccccn2)s1. The Morgan fingerprint density at radius 1 is 1.43 bits per heavy atom. The van der Waals surface area contributed by atoms with Crippen LogP contribution in [-0.2, 0) is 4.79 Å². The Hall–Kier alpha value is -1.86. The molecule has 1 unspecified atom stereocenters. The van der Waals surface area contributed by atoms with Crippen molar-refractivity contribution in [3.8, 4) is 10.7 Å². The summed E-state index contributed by atoms with van der Waals surface area (Å²) < 4.78 is 0. The fraction of sp³-hybridized carbons (Fsp3) is 0.429. The van der Waals surface area contributed by atoms with Gasteiger partial charge in [0.1, 0.15) is 5.69 Å². The summed E-state index contributed by atoms with van der Waals surface area (Å²) >= 11 is 1.34. The second-order valence-corrected chi connectivity index (χ2v) is 6.05. The first-order valence-corrected chi connectivity index (χ1v) is 7.88. The molecule has 21 heavy (non-hydrogen) atoms. The average molecular weight is 303 g/mol. The molecule has 1 fully saturated rings. The molecular formula is C14H17N5OS. The first kappa shape index (κ1) is 14.1. The zero-order chi connectivity index (χ0) is 14.5. The van der Waals surface area contributed by atoms with Crippen LogP contribution >= 0.6 is 11.3 Å². The summed E-state index contributed by atoms with van der Waals surface area (Å²) in [5.74, 6) is 0.625. The van der Waals surface area contributed by atoms with Gasteiger partial charge in [0.15, 0.2) is 5.01 Å². The molecule has 1 atom stereocenters. The Morgan fingerprint density at radius 3 is 3.14 bits per heavy atom. The molecule has 0 radical (unpaired) electrons. The summed E-state index contributed by atoms with van der Waals surface area (Å²) in [6.45, 7) is 2.09. The van der Waals surface area contributed by atoms with Crippen molar-refractivity contribution < 1.29 is 4.79 Å². The van der Waals surface area contributed by atoms with E-state index >= 15 is 0 Å². The van der Waals surface area contributed by atoms with Crippen LogP contribution in [-0.4, -0.2) is 34.2 Å². The van der Waals surface area contributed by atoms with Gasteiger partial charge in [0.25, 0.3) is 0 Å². The molecule has 0 saturated carbocycles. The first-order valence-electron chi connectivity index (χ1n) is 7.07. The predicted molar refractivity (Wildman–Crippen MR) is 82.0 cm³/mol. The number of aromatic nitrogens is 3. The lowest BCUT2D eigenvalue weighted by Gasteiger charge is -2.06. The molecular weight excluding hydrogens is 286 g/mol. The summed E-state index contributed by atoms with van der Waals surface area (Å²) in [7, 11) is 0. The predicted octanol–water partition coefficient (Wildman–Crippen LogP) is 1.93. The highest BCUT2D eigenvalue weighted by Gasteiger charge is 2.16. The van der Waals surface area contributed by atoms with Gasteiger partial charge in [-0.3, -0.25) is 9.78 Å². The van der Waals surface area contributed by atoms with E-state index in [0.29, 0.717) is 22.5 Å². The zero-order valence-corrected chi connectivity index (χ0v) is 12.4. The van der Waals surface area contributed by atoms with E-state index in [9.17, 15) is 4.79 Å². The topological polar surface area (TPSA) is 79.8 Å². The lowest BCUT2D eigenvalue weighted by atomic mass is 10.0. The van der Waals surface area contributed by atoms with E-state index in [2.05, 4.69) is 25.8 Å². The smallest absolute Gasteiger partial charge is 0.226 e. The minimum atomic E-state index is 0.00520. The molecule has 0 aromatic carbocycles. The number of carbonyl (C=O) groups is 1. The third-order valence-electron chi connectivity index (χ3n) is 3.50. The summed E-state index contributed by atoms with van der Waals surface area (Å²) in [4.78, 5) is 16.1. The van der Waals surface area contributed by atoms with Crippen LogP contribution in [0, 0.1) is 5.92 Å². The molecule has 3 heterocycles. The molecule has 0 aliphatic carbocycles. The molecule has 1 saturated heterocycles. The quantitative estimate of drug-likeness (QED) is 0.882. The number of anilines is 1. The second kappa shape index (κ2) is 6.73. The van der Waals surface area contributed by atoms with Crippen molar-refractivity contribution in [2.45, 2.75) is 19.3 Å². The lowest BCUT2D eigenvalue weighted by molar-refractivity contribution is -0.116. The summed E-state index contributed by atoms with van der Waals surface area (Å²) in [6.07, 6.45) is 4.33. The van der Waals surface area contributed by atoms with Crippen LogP contribution in [0.25, 0.3) is 10.7 Å². The monoisotopic (exact) mass is 303 g/mol. The Balaban J connectivity index is 1.53. The van der Waals surface area contributed by atoms with Gasteiger partial charge in [-0.1, -0.05) is 17.4 Å². The van der Waals surface area contributed by atoms with Gasteiger partial charge in [-0.05, 0) is 44.0 Å². The number of rotatable bonds is 5. The molecule has 110 valence electrons. The number of amides is 1. The molecule has 0 bridgehead atoms. The fourth-order valence-electron chi connectivity index (χ4n) is 2.34. The second-order valence-electron chi connectivity index (χ2n) is 5.07. The minimum Gasteiger partial charge on any atom is -0.316 e. The van der Waals surface area contributed by atoms with Gasteiger partial charge in [-0.15, -0.1) is 10.2 Å². The molecule has 1 aliphatic heterocycles. The highest BCUT2D eigenvalue weighted by Crippen LogP contribution is 2.24. The Kier molecular flexibility index (Phi) is 4.52. The van der Waals surface area contributed by atoms with Crippen molar-refractivity contribution in [1.29, 1.82) is 0 Å². The summed E-state index contributed by atoms with van der Waals surface area (Å²) in [6, 6.07) is 5.63. The fourth-order valence-corrected chi connectivity index (χ4v) is 3.08. The van der Waals surface area contributed by atoms with Crippen LogP contribution in [0.15, 0.2) is 24.4 Å². The van der Waals surface area contributed by atoms with E-state index in [4.69, 9.17) is 0 Å². The largest absolute Gasteiger partial charge is 0.316 e. The standard InChI is InChI=1S/C14H17N5OS/c20-12(5-4-10-6-8-15-9-10)17-14-19-18-13(21-14)11-3-1-2-7-16-11/h1-3,7,10,15H,4-6,8-9H2,(H,17,19,20). The number of carbonyl (C=O) groups excluding carboxylic acids is 1. The third-order valence-corrected chi connectivity index (χ3v) is 4.36. The van der Waals surface area contributed by atoms with Crippen LogP contribution in [0.2, 0.25) is 0 Å². The maximum atomic E-state index is 11.9. The molecule has 3 rings (SSSR count). The summed E-state index contributed by atoms with van der Waals surface area (Å²) in [5.41, 5.74) is 0.771. The van der Waals surface area contributed by atoms with Gasteiger partial charge in [0.2, 0.25) is 11.0 Å². The third kappa shape index (κ3) is 3.83. The average Bonchev–Trinajstić information content (AvgIpc) is 3.17. The maximum Gasteiger partial charge on any atom is 0.226 e. The van der Waals surface area contributed by atoms with Crippen LogP contribution in [0.1, 0.15) is 19.3 Å². The van der Waals surface area contributed by atoms with E-state index in [1.54, 1.807) is 6.20 Å². The number of pyridine rings is 1. The highest BCUT2D eigenvalue weighted by atomic mass is 32.1. The van der Waals surface area contributed by atoms with E-state index in [0.717, 1.165) is 31.6 Å². The molecule has 2 aromatic heterocycles. The van der Waals surface area contributed by atoms with Crippen LogP contribution < -0.4 is 10.6 Å². The van der Waals surface area contributed by atoms with Gasteiger partial charge < -0.3 is 10.6 Å². The molecule has 6 nitrogen and oxygen atoms in total. The van der Waals surface area contributed by atoms with Crippen molar-refractivity contribution in [2.75, 3.05) is 18.4 Å². The van der Waals surface area contributed by atoms with E-state index < -0.39 is 0 Å². The molecule has 0 spiro atoms. The molecule has 2 aromatic rings. The normalized spacial score (nSPS) is 17.8. The van der Waals surface area contributed by atoms with E-state index in [1.165, 1.54) is 11.3 Å². The van der Waals surface area contributed by atoms with Crippen LogP contribution in [0.4, 0.5) is 5.13 Å². The number of hydrogen-bond acceptors (Lipinski definition) is 6. The Labute approximate surface area is 127 Å². The van der Waals surface area contributed by atoms with Gasteiger partial charge in [-0.2, -0.15) is 0 Å². The first-order chi connectivity index (χ1) is 10.3. The number of hydrogen-bond donors (Lipinski definition) is 2. The molecule has 1 aliphatic rings. The lowest BCUT2D eigenvalue weighted by Crippen LogP contribution is -2.14. The maximum absolute atomic E-state index is 11.9. The molecule has 1 amide bonds. The van der Waals surface area contributed by atoms with Crippen molar-refractivity contribution in [3.05, 3.63) is 24.4 Å². The van der Waals surface area contributed by atoms with E-state index in [1.807, 2.05) is 18.2 Å².